The van der Waals surface area contributed by atoms with Crippen molar-refractivity contribution in [3.05, 3.63) is 35.9 Å². The average molecular weight is 291 g/mol. The molecule has 1 saturated heterocycles. The fourth-order valence-electron chi connectivity index (χ4n) is 2.79. The molecule has 1 aliphatic rings. The van der Waals surface area contributed by atoms with Crippen LogP contribution in [0.25, 0.3) is 0 Å². The summed E-state index contributed by atoms with van der Waals surface area (Å²) in [5, 5.41) is 12.0. The van der Waals surface area contributed by atoms with Crippen molar-refractivity contribution >= 4 is 11.9 Å². The summed E-state index contributed by atoms with van der Waals surface area (Å²) >= 11 is 0. The number of rotatable bonds is 6. The van der Waals surface area contributed by atoms with Gasteiger partial charge in [0.15, 0.2) is 0 Å². The molecule has 1 aromatic carbocycles. The average Bonchev–Trinajstić information content (AvgIpc) is 2.88. The topological polar surface area (TPSA) is 75.6 Å². The Labute approximate surface area is 124 Å². The van der Waals surface area contributed by atoms with Crippen molar-refractivity contribution in [2.45, 2.75) is 37.6 Å². The third-order valence-corrected chi connectivity index (χ3v) is 3.91. The molecular formula is C16H21NO4. The van der Waals surface area contributed by atoms with Gasteiger partial charge in [-0.3, -0.25) is 9.59 Å². The standard InChI is InChI=1S/C16H21NO4/c1-2-13(12-6-4-3-5-7-12)15(20)17-16(10-14(18)19)8-9-21-11-16/h3-7,13H,2,8-11H2,1H3,(H,17,20)(H,18,19). The first-order valence-electron chi connectivity index (χ1n) is 7.23. The van der Waals surface area contributed by atoms with E-state index in [1.807, 2.05) is 37.3 Å². The summed E-state index contributed by atoms with van der Waals surface area (Å²) in [5.74, 6) is -1.32. The van der Waals surface area contributed by atoms with Crippen molar-refractivity contribution in [1.82, 2.24) is 5.32 Å². The number of amides is 1. The van der Waals surface area contributed by atoms with E-state index in [0.29, 0.717) is 19.4 Å². The van der Waals surface area contributed by atoms with Gasteiger partial charge in [-0.15, -0.1) is 0 Å². The summed E-state index contributed by atoms with van der Waals surface area (Å²) in [6, 6.07) is 9.55. The van der Waals surface area contributed by atoms with Gasteiger partial charge in [0, 0.05) is 6.61 Å². The summed E-state index contributed by atoms with van der Waals surface area (Å²) in [7, 11) is 0. The molecule has 0 aromatic heterocycles. The molecule has 1 amide bonds. The highest BCUT2D eigenvalue weighted by atomic mass is 16.5. The second kappa shape index (κ2) is 6.72. The highest BCUT2D eigenvalue weighted by Crippen LogP contribution is 2.26. The van der Waals surface area contributed by atoms with Crippen LogP contribution in [0.3, 0.4) is 0 Å². The molecule has 2 atom stereocenters. The van der Waals surface area contributed by atoms with Gasteiger partial charge >= 0.3 is 5.97 Å². The minimum atomic E-state index is -0.923. The van der Waals surface area contributed by atoms with Crippen LogP contribution in [0.5, 0.6) is 0 Å². The number of ether oxygens (including phenoxy) is 1. The number of carbonyl (C=O) groups excluding carboxylic acids is 1. The molecule has 114 valence electrons. The SMILES string of the molecule is CCC(C(=O)NC1(CC(=O)O)CCOC1)c1ccccc1. The van der Waals surface area contributed by atoms with Crippen LogP contribution in [0.1, 0.15) is 37.7 Å². The molecule has 0 aliphatic carbocycles. The lowest BCUT2D eigenvalue weighted by molar-refractivity contribution is -0.139. The fraction of sp³-hybridized carbons (Fsp3) is 0.500. The van der Waals surface area contributed by atoms with Crippen molar-refractivity contribution < 1.29 is 19.4 Å². The van der Waals surface area contributed by atoms with Gasteiger partial charge in [-0.25, -0.2) is 0 Å². The Balaban J connectivity index is 2.12. The van der Waals surface area contributed by atoms with E-state index >= 15 is 0 Å². The molecule has 2 N–H and O–H groups in total. The second-order valence-corrected chi connectivity index (χ2v) is 5.51. The molecule has 2 unspecified atom stereocenters. The largest absolute Gasteiger partial charge is 0.481 e. The van der Waals surface area contributed by atoms with Crippen molar-refractivity contribution in [1.29, 1.82) is 0 Å². The molecular weight excluding hydrogens is 270 g/mol. The first-order chi connectivity index (χ1) is 10.1. The lowest BCUT2D eigenvalue weighted by Gasteiger charge is -2.29. The molecule has 0 bridgehead atoms. The third-order valence-electron chi connectivity index (χ3n) is 3.91. The maximum atomic E-state index is 12.6. The number of carboxylic acids is 1. The summed E-state index contributed by atoms with van der Waals surface area (Å²) in [6.45, 7) is 2.69. The second-order valence-electron chi connectivity index (χ2n) is 5.51. The zero-order valence-corrected chi connectivity index (χ0v) is 12.2. The highest BCUT2D eigenvalue weighted by Gasteiger charge is 2.39. The number of carbonyl (C=O) groups is 2. The molecule has 0 radical (unpaired) electrons. The van der Waals surface area contributed by atoms with Crippen LogP contribution in [0.2, 0.25) is 0 Å². The van der Waals surface area contributed by atoms with E-state index in [4.69, 9.17) is 9.84 Å². The first-order valence-corrected chi connectivity index (χ1v) is 7.23. The smallest absolute Gasteiger partial charge is 0.305 e. The van der Waals surface area contributed by atoms with Gasteiger partial charge in [-0.2, -0.15) is 0 Å². The van der Waals surface area contributed by atoms with Gasteiger partial charge in [-0.05, 0) is 18.4 Å². The van der Waals surface area contributed by atoms with Crippen LogP contribution >= 0.6 is 0 Å². The third kappa shape index (κ3) is 3.82. The Kier molecular flexibility index (Phi) is 4.96. The maximum absolute atomic E-state index is 12.6. The van der Waals surface area contributed by atoms with Gasteiger partial charge in [-0.1, -0.05) is 37.3 Å². The Bertz CT molecular complexity index is 494. The number of hydrogen-bond donors (Lipinski definition) is 2. The van der Waals surface area contributed by atoms with E-state index in [-0.39, 0.29) is 24.9 Å². The lowest BCUT2D eigenvalue weighted by atomic mass is 9.90. The minimum Gasteiger partial charge on any atom is -0.481 e. The molecule has 0 saturated carbocycles. The zero-order chi connectivity index (χ0) is 15.3. The van der Waals surface area contributed by atoms with Crippen LogP contribution in [0.4, 0.5) is 0 Å². The van der Waals surface area contributed by atoms with Crippen LogP contribution in [-0.2, 0) is 14.3 Å². The predicted molar refractivity (Wildman–Crippen MR) is 78.0 cm³/mol. The number of nitrogens with one attached hydrogen (secondary N) is 1. The first kappa shape index (κ1) is 15.5. The monoisotopic (exact) mass is 291 g/mol. The normalized spacial score (nSPS) is 22.7. The molecule has 5 heteroatoms. The van der Waals surface area contributed by atoms with Crippen molar-refractivity contribution in [2.75, 3.05) is 13.2 Å². The van der Waals surface area contributed by atoms with E-state index < -0.39 is 11.5 Å². The van der Waals surface area contributed by atoms with Gasteiger partial charge in [0.2, 0.25) is 5.91 Å². The van der Waals surface area contributed by atoms with Crippen molar-refractivity contribution in [2.24, 2.45) is 0 Å². The van der Waals surface area contributed by atoms with Crippen molar-refractivity contribution in [3.63, 3.8) is 0 Å². The van der Waals surface area contributed by atoms with Gasteiger partial charge in [0.05, 0.1) is 24.5 Å². The van der Waals surface area contributed by atoms with E-state index in [1.165, 1.54) is 0 Å². The molecule has 5 nitrogen and oxygen atoms in total. The van der Waals surface area contributed by atoms with E-state index in [9.17, 15) is 9.59 Å². The quantitative estimate of drug-likeness (QED) is 0.839. The molecule has 1 fully saturated rings. The van der Waals surface area contributed by atoms with Gasteiger partial charge < -0.3 is 15.2 Å². The maximum Gasteiger partial charge on any atom is 0.305 e. The predicted octanol–water partition coefficient (Wildman–Crippen LogP) is 1.93. The van der Waals surface area contributed by atoms with Crippen LogP contribution in [-0.4, -0.2) is 35.7 Å². The van der Waals surface area contributed by atoms with Crippen LogP contribution in [0, 0.1) is 0 Å². The van der Waals surface area contributed by atoms with E-state index in [2.05, 4.69) is 5.32 Å². The molecule has 1 aromatic rings. The van der Waals surface area contributed by atoms with Gasteiger partial charge in [0.1, 0.15) is 0 Å². The number of aliphatic carboxylic acids is 1. The molecule has 2 rings (SSSR count). The van der Waals surface area contributed by atoms with Crippen LogP contribution in [0.15, 0.2) is 30.3 Å². The minimum absolute atomic E-state index is 0.107. The number of hydrogen-bond acceptors (Lipinski definition) is 3. The Hall–Kier alpha value is -1.88. The van der Waals surface area contributed by atoms with Crippen molar-refractivity contribution in [3.8, 4) is 0 Å². The Morgan fingerprint density at radius 1 is 1.38 bits per heavy atom. The van der Waals surface area contributed by atoms with Crippen LogP contribution < -0.4 is 5.32 Å². The Morgan fingerprint density at radius 3 is 2.62 bits per heavy atom. The zero-order valence-electron chi connectivity index (χ0n) is 12.2. The highest BCUT2D eigenvalue weighted by molar-refractivity contribution is 5.85. The molecule has 1 heterocycles. The Morgan fingerprint density at radius 2 is 2.10 bits per heavy atom. The molecule has 21 heavy (non-hydrogen) atoms. The summed E-state index contributed by atoms with van der Waals surface area (Å²) < 4.78 is 5.30. The lowest BCUT2D eigenvalue weighted by Crippen LogP contribution is -2.51. The molecule has 0 spiro atoms. The summed E-state index contributed by atoms with van der Waals surface area (Å²) in [4.78, 5) is 23.6. The fourth-order valence-corrected chi connectivity index (χ4v) is 2.79. The van der Waals surface area contributed by atoms with E-state index in [1.54, 1.807) is 0 Å². The van der Waals surface area contributed by atoms with E-state index in [0.717, 1.165) is 5.56 Å². The summed E-state index contributed by atoms with van der Waals surface area (Å²) in [5.41, 5.74) is 0.173. The summed E-state index contributed by atoms with van der Waals surface area (Å²) in [6.07, 6.45) is 1.10. The van der Waals surface area contributed by atoms with Gasteiger partial charge in [0.25, 0.3) is 0 Å². The molecule has 1 aliphatic heterocycles. The number of carboxylic acid groups (broad SMARTS) is 1. The number of benzene rings is 1.